The molecule has 1 rings (SSSR count). The zero-order valence-corrected chi connectivity index (χ0v) is 15.5. The lowest BCUT2D eigenvalue weighted by molar-refractivity contribution is -0.123. The summed E-state index contributed by atoms with van der Waals surface area (Å²) in [4.78, 5) is 14.4. The summed E-state index contributed by atoms with van der Waals surface area (Å²) in [6.07, 6.45) is 8.07. The van der Waals surface area contributed by atoms with Gasteiger partial charge in [-0.2, -0.15) is 0 Å². The van der Waals surface area contributed by atoms with Gasteiger partial charge in [0, 0.05) is 31.6 Å². The summed E-state index contributed by atoms with van der Waals surface area (Å²) < 4.78 is 5.32. The van der Waals surface area contributed by atoms with Crippen molar-refractivity contribution in [2.75, 3.05) is 32.8 Å². The minimum absolute atomic E-state index is 0. The SMILES string of the molecule is CCCCCCCC(C)(C)NC(=O)CCN1CCOCC1.Cl. The maximum Gasteiger partial charge on any atom is 0.221 e. The quantitative estimate of drug-likeness (QED) is 0.623. The molecule has 0 spiro atoms. The maximum atomic E-state index is 12.1. The number of ether oxygens (including phenoxy) is 1. The molecular formula is C17H35ClN2O2. The number of carbonyl (C=O) groups is 1. The predicted molar refractivity (Wildman–Crippen MR) is 94.7 cm³/mol. The van der Waals surface area contributed by atoms with Crippen molar-refractivity contribution in [2.24, 2.45) is 0 Å². The van der Waals surface area contributed by atoms with Crippen molar-refractivity contribution in [3.05, 3.63) is 0 Å². The van der Waals surface area contributed by atoms with E-state index < -0.39 is 0 Å². The number of nitrogens with zero attached hydrogens (tertiary/aromatic N) is 1. The summed E-state index contributed by atoms with van der Waals surface area (Å²) in [5.41, 5.74) is -0.0751. The van der Waals surface area contributed by atoms with Crippen LogP contribution in [0.5, 0.6) is 0 Å². The van der Waals surface area contributed by atoms with E-state index in [0.29, 0.717) is 6.42 Å². The first-order chi connectivity index (χ1) is 10.0. The highest BCUT2D eigenvalue weighted by molar-refractivity contribution is 5.85. The van der Waals surface area contributed by atoms with Crippen molar-refractivity contribution in [3.63, 3.8) is 0 Å². The van der Waals surface area contributed by atoms with Gasteiger partial charge in [-0.25, -0.2) is 0 Å². The van der Waals surface area contributed by atoms with Gasteiger partial charge < -0.3 is 10.1 Å². The first-order valence-electron chi connectivity index (χ1n) is 8.64. The largest absolute Gasteiger partial charge is 0.379 e. The standard InChI is InChI=1S/C17H34N2O2.ClH/c1-4-5-6-7-8-10-17(2,3)18-16(20)9-11-19-12-14-21-15-13-19;/h4-15H2,1-3H3,(H,18,20);1H. The lowest BCUT2D eigenvalue weighted by Gasteiger charge is -2.29. The molecule has 0 aromatic heterocycles. The van der Waals surface area contributed by atoms with Crippen LogP contribution in [-0.4, -0.2) is 49.2 Å². The van der Waals surface area contributed by atoms with Crippen LogP contribution in [0.2, 0.25) is 0 Å². The van der Waals surface area contributed by atoms with Crippen molar-refractivity contribution < 1.29 is 9.53 Å². The van der Waals surface area contributed by atoms with Crippen molar-refractivity contribution in [1.82, 2.24) is 10.2 Å². The molecule has 0 radical (unpaired) electrons. The molecule has 1 heterocycles. The third-order valence-corrected chi connectivity index (χ3v) is 4.14. The Balaban J connectivity index is 0.00000441. The van der Waals surface area contributed by atoms with Gasteiger partial charge in [-0.05, 0) is 20.3 Å². The van der Waals surface area contributed by atoms with Crippen LogP contribution in [0.1, 0.15) is 65.7 Å². The lowest BCUT2D eigenvalue weighted by atomic mass is 9.96. The highest BCUT2D eigenvalue weighted by Crippen LogP contribution is 2.15. The van der Waals surface area contributed by atoms with Crippen LogP contribution >= 0.6 is 12.4 Å². The van der Waals surface area contributed by atoms with Gasteiger partial charge in [-0.15, -0.1) is 12.4 Å². The van der Waals surface area contributed by atoms with Gasteiger partial charge >= 0.3 is 0 Å². The highest BCUT2D eigenvalue weighted by atomic mass is 35.5. The molecule has 5 heteroatoms. The van der Waals surface area contributed by atoms with E-state index in [1.54, 1.807) is 0 Å². The monoisotopic (exact) mass is 334 g/mol. The van der Waals surface area contributed by atoms with Crippen LogP contribution in [0.15, 0.2) is 0 Å². The minimum atomic E-state index is -0.0751. The number of hydrogen-bond acceptors (Lipinski definition) is 3. The molecule has 0 unspecified atom stereocenters. The molecule has 1 fully saturated rings. The van der Waals surface area contributed by atoms with E-state index in [4.69, 9.17) is 4.74 Å². The van der Waals surface area contributed by atoms with E-state index in [2.05, 4.69) is 31.0 Å². The maximum absolute atomic E-state index is 12.1. The Morgan fingerprint density at radius 2 is 1.77 bits per heavy atom. The number of hydrogen-bond donors (Lipinski definition) is 1. The molecule has 4 nitrogen and oxygen atoms in total. The topological polar surface area (TPSA) is 41.6 Å². The molecule has 0 aliphatic carbocycles. The number of unbranched alkanes of at least 4 members (excludes halogenated alkanes) is 4. The summed E-state index contributed by atoms with van der Waals surface area (Å²) in [5, 5.41) is 3.19. The molecule has 1 aliphatic heterocycles. The van der Waals surface area contributed by atoms with E-state index in [-0.39, 0.29) is 23.9 Å². The molecule has 0 saturated carbocycles. The Kier molecular flexibility index (Phi) is 12.0. The first kappa shape index (κ1) is 21.7. The number of rotatable bonds is 10. The third kappa shape index (κ3) is 10.4. The van der Waals surface area contributed by atoms with Gasteiger partial charge in [0.1, 0.15) is 0 Å². The molecule has 1 saturated heterocycles. The minimum Gasteiger partial charge on any atom is -0.379 e. The number of morpholine rings is 1. The van der Waals surface area contributed by atoms with Crippen molar-refractivity contribution in [1.29, 1.82) is 0 Å². The van der Waals surface area contributed by atoms with Gasteiger partial charge in [0.2, 0.25) is 5.91 Å². The van der Waals surface area contributed by atoms with Crippen molar-refractivity contribution in [3.8, 4) is 0 Å². The second-order valence-corrected chi connectivity index (χ2v) is 6.80. The van der Waals surface area contributed by atoms with E-state index in [1.165, 1.54) is 32.1 Å². The number of amides is 1. The fourth-order valence-electron chi connectivity index (χ4n) is 2.76. The number of carbonyl (C=O) groups excluding carboxylic acids is 1. The predicted octanol–water partition coefficient (Wildman–Crippen LogP) is 3.39. The number of nitrogens with one attached hydrogen (secondary N) is 1. The Hall–Kier alpha value is -0.320. The molecule has 0 atom stereocenters. The Labute approximate surface area is 142 Å². The molecule has 1 N–H and O–H groups in total. The van der Waals surface area contributed by atoms with Crippen LogP contribution in [0.4, 0.5) is 0 Å². The van der Waals surface area contributed by atoms with Crippen molar-refractivity contribution in [2.45, 2.75) is 71.3 Å². The molecule has 0 aromatic rings. The van der Waals surface area contributed by atoms with E-state index >= 15 is 0 Å². The summed E-state index contributed by atoms with van der Waals surface area (Å²) >= 11 is 0. The average Bonchev–Trinajstić information content (AvgIpc) is 2.45. The smallest absolute Gasteiger partial charge is 0.221 e. The Morgan fingerprint density at radius 1 is 1.14 bits per heavy atom. The zero-order valence-electron chi connectivity index (χ0n) is 14.7. The Morgan fingerprint density at radius 3 is 2.41 bits per heavy atom. The molecule has 132 valence electrons. The van der Waals surface area contributed by atoms with E-state index in [9.17, 15) is 4.79 Å². The second-order valence-electron chi connectivity index (χ2n) is 6.80. The lowest BCUT2D eigenvalue weighted by Crippen LogP contribution is -2.45. The third-order valence-electron chi connectivity index (χ3n) is 4.14. The average molecular weight is 335 g/mol. The van der Waals surface area contributed by atoms with Crippen molar-refractivity contribution >= 4 is 18.3 Å². The van der Waals surface area contributed by atoms with Gasteiger partial charge in [0.05, 0.1) is 13.2 Å². The molecule has 1 amide bonds. The zero-order chi connectivity index (χ0) is 15.6. The van der Waals surface area contributed by atoms with Gasteiger partial charge in [-0.3, -0.25) is 9.69 Å². The fraction of sp³-hybridized carbons (Fsp3) is 0.941. The normalized spacial score (nSPS) is 16.1. The second kappa shape index (κ2) is 12.1. The summed E-state index contributed by atoms with van der Waals surface area (Å²) in [7, 11) is 0. The Bertz CT molecular complexity index is 292. The van der Waals surface area contributed by atoms with E-state index in [0.717, 1.165) is 39.3 Å². The summed E-state index contributed by atoms with van der Waals surface area (Å²) in [6, 6.07) is 0. The van der Waals surface area contributed by atoms with Gasteiger partial charge in [-0.1, -0.05) is 39.0 Å². The van der Waals surface area contributed by atoms with Crippen LogP contribution in [0.25, 0.3) is 0 Å². The van der Waals surface area contributed by atoms with Crippen LogP contribution < -0.4 is 5.32 Å². The van der Waals surface area contributed by atoms with E-state index in [1.807, 2.05) is 0 Å². The highest BCUT2D eigenvalue weighted by Gasteiger charge is 2.20. The van der Waals surface area contributed by atoms with Crippen LogP contribution in [0.3, 0.4) is 0 Å². The van der Waals surface area contributed by atoms with Gasteiger partial charge in [0.25, 0.3) is 0 Å². The number of halogens is 1. The molecule has 22 heavy (non-hydrogen) atoms. The molecule has 1 aliphatic rings. The van der Waals surface area contributed by atoms with Crippen LogP contribution in [-0.2, 0) is 9.53 Å². The van der Waals surface area contributed by atoms with Crippen LogP contribution in [0, 0.1) is 0 Å². The summed E-state index contributed by atoms with van der Waals surface area (Å²) in [5.74, 6) is 0.181. The fourth-order valence-corrected chi connectivity index (χ4v) is 2.76. The van der Waals surface area contributed by atoms with Gasteiger partial charge in [0.15, 0.2) is 0 Å². The molecule has 0 aromatic carbocycles. The molecule has 0 bridgehead atoms. The first-order valence-corrected chi connectivity index (χ1v) is 8.64. The summed E-state index contributed by atoms with van der Waals surface area (Å²) in [6.45, 7) is 10.9. The molecular weight excluding hydrogens is 300 g/mol.